The van der Waals surface area contributed by atoms with E-state index in [9.17, 15) is 18.4 Å². The molecule has 1 saturated heterocycles. The van der Waals surface area contributed by atoms with Gasteiger partial charge in [0, 0.05) is 57.5 Å². The van der Waals surface area contributed by atoms with Crippen LogP contribution in [0.2, 0.25) is 0 Å². The van der Waals surface area contributed by atoms with Crippen molar-refractivity contribution in [2.45, 2.75) is 13.5 Å². The molecule has 1 aromatic heterocycles. The Morgan fingerprint density at radius 1 is 1.15 bits per heavy atom. The molecule has 8 heteroatoms. The molecule has 1 aliphatic rings. The van der Waals surface area contributed by atoms with Gasteiger partial charge in [-0.3, -0.25) is 9.59 Å². The first-order valence-corrected chi connectivity index (χ1v) is 8.63. The van der Waals surface area contributed by atoms with Crippen LogP contribution < -0.4 is 10.2 Å². The standard InChI is InChI=1S/C19H20F2N4O2/c1-13(26)24-7-9-25(10-8-24)18-14(3-2-6-22-18)12-23-19(27)16-5-4-15(20)11-17(16)21/h2-6,11H,7-10,12H2,1H3,(H,23,27). The maximum Gasteiger partial charge on any atom is 0.254 e. The molecule has 3 rings (SSSR count). The monoisotopic (exact) mass is 374 g/mol. The Balaban J connectivity index is 1.68. The average Bonchev–Trinajstić information content (AvgIpc) is 2.66. The van der Waals surface area contributed by atoms with Crippen molar-refractivity contribution in [3.8, 4) is 0 Å². The van der Waals surface area contributed by atoms with Crippen LogP contribution >= 0.6 is 0 Å². The number of pyridine rings is 1. The number of halogens is 2. The smallest absolute Gasteiger partial charge is 0.254 e. The minimum Gasteiger partial charge on any atom is -0.353 e. The van der Waals surface area contributed by atoms with Crippen molar-refractivity contribution in [1.29, 1.82) is 0 Å². The van der Waals surface area contributed by atoms with Crippen LogP contribution in [-0.2, 0) is 11.3 Å². The lowest BCUT2D eigenvalue weighted by Crippen LogP contribution is -2.48. The third-order valence-electron chi connectivity index (χ3n) is 4.51. The number of hydrogen-bond acceptors (Lipinski definition) is 4. The molecule has 0 radical (unpaired) electrons. The van der Waals surface area contributed by atoms with E-state index in [0.717, 1.165) is 23.5 Å². The second kappa shape index (κ2) is 8.11. The van der Waals surface area contributed by atoms with E-state index >= 15 is 0 Å². The molecule has 2 aromatic rings. The van der Waals surface area contributed by atoms with Gasteiger partial charge in [0.25, 0.3) is 5.91 Å². The topological polar surface area (TPSA) is 65.5 Å². The summed E-state index contributed by atoms with van der Waals surface area (Å²) in [6.07, 6.45) is 1.66. The zero-order valence-corrected chi connectivity index (χ0v) is 14.9. The minimum atomic E-state index is -0.903. The van der Waals surface area contributed by atoms with Gasteiger partial charge in [-0.15, -0.1) is 0 Å². The molecule has 0 atom stereocenters. The summed E-state index contributed by atoms with van der Waals surface area (Å²) in [6, 6.07) is 6.43. The van der Waals surface area contributed by atoms with Gasteiger partial charge in [0.2, 0.25) is 5.91 Å². The zero-order valence-electron chi connectivity index (χ0n) is 14.9. The first-order valence-electron chi connectivity index (χ1n) is 8.63. The summed E-state index contributed by atoms with van der Waals surface area (Å²) in [7, 11) is 0. The molecule has 1 fully saturated rings. The van der Waals surface area contributed by atoms with Crippen LogP contribution in [0.15, 0.2) is 36.5 Å². The van der Waals surface area contributed by atoms with E-state index in [-0.39, 0.29) is 18.0 Å². The van der Waals surface area contributed by atoms with Crippen LogP contribution in [0, 0.1) is 11.6 Å². The Hall–Kier alpha value is -3.03. The van der Waals surface area contributed by atoms with Gasteiger partial charge >= 0.3 is 0 Å². The highest BCUT2D eigenvalue weighted by Gasteiger charge is 2.21. The van der Waals surface area contributed by atoms with Crippen LogP contribution in [0.3, 0.4) is 0 Å². The molecule has 1 aliphatic heterocycles. The van der Waals surface area contributed by atoms with Crippen LogP contribution in [0.25, 0.3) is 0 Å². The van der Waals surface area contributed by atoms with Crippen LogP contribution in [0.1, 0.15) is 22.8 Å². The van der Waals surface area contributed by atoms with Crippen LogP contribution in [0.5, 0.6) is 0 Å². The molecule has 6 nitrogen and oxygen atoms in total. The molecular formula is C19H20F2N4O2. The number of hydrogen-bond donors (Lipinski definition) is 1. The molecule has 1 aromatic carbocycles. The molecule has 0 aliphatic carbocycles. The molecule has 142 valence electrons. The second-order valence-corrected chi connectivity index (χ2v) is 6.29. The van der Waals surface area contributed by atoms with E-state index in [1.54, 1.807) is 24.1 Å². The molecule has 0 bridgehead atoms. The van der Waals surface area contributed by atoms with Crippen molar-refractivity contribution in [3.63, 3.8) is 0 Å². The van der Waals surface area contributed by atoms with Gasteiger partial charge in [-0.25, -0.2) is 13.8 Å². The average molecular weight is 374 g/mol. The Bertz CT molecular complexity index is 851. The zero-order chi connectivity index (χ0) is 19.4. The highest BCUT2D eigenvalue weighted by atomic mass is 19.1. The summed E-state index contributed by atoms with van der Waals surface area (Å²) in [6.45, 7) is 4.21. The number of rotatable bonds is 4. The Kier molecular flexibility index (Phi) is 5.63. The number of anilines is 1. The predicted molar refractivity (Wildman–Crippen MR) is 96.2 cm³/mol. The van der Waals surface area contributed by atoms with Gasteiger partial charge < -0.3 is 15.1 Å². The maximum atomic E-state index is 13.7. The van der Waals surface area contributed by atoms with Crippen molar-refractivity contribution in [2.24, 2.45) is 0 Å². The summed E-state index contributed by atoms with van der Waals surface area (Å²) in [5, 5.41) is 2.65. The predicted octanol–water partition coefficient (Wildman–Crippen LogP) is 1.96. The molecule has 0 spiro atoms. The van der Waals surface area contributed by atoms with Crippen molar-refractivity contribution >= 4 is 17.6 Å². The summed E-state index contributed by atoms with van der Waals surface area (Å²) in [4.78, 5) is 31.9. The summed E-state index contributed by atoms with van der Waals surface area (Å²) < 4.78 is 26.7. The SMILES string of the molecule is CC(=O)N1CCN(c2ncccc2CNC(=O)c2ccc(F)cc2F)CC1. The largest absolute Gasteiger partial charge is 0.353 e. The Labute approximate surface area is 155 Å². The summed E-state index contributed by atoms with van der Waals surface area (Å²) in [5.74, 6) is -1.49. The lowest BCUT2D eigenvalue weighted by molar-refractivity contribution is -0.129. The second-order valence-electron chi connectivity index (χ2n) is 6.29. The highest BCUT2D eigenvalue weighted by molar-refractivity contribution is 5.94. The minimum absolute atomic E-state index is 0.0458. The summed E-state index contributed by atoms with van der Waals surface area (Å²) in [5.41, 5.74) is 0.571. The van der Waals surface area contributed by atoms with Gasteiger partial charge in [-0.1, -0.05) is 6.07 Å². The molecule has 0 saturated carbocycles. The number of nitrogens with zero attached hydrogens (tertiary/aromatic N) is 3. The molecule has 0 unspecified atom stereocenters. The van der Waals surface area contributed by atoms with E-state index in [1.807, 2.05) is 6.07 Å². The lowest BCUT2D eigenvalue weighted by atomic mass is 10.1. The van der Waals surface area contributed by atoms with E-state index in [2.05, 4.69) is 15.2 Å². The van der Waals surface area contributed by atoms with Gasteiger partial charge in [-0.2, -0.15) is 0 Å². The van der Waals surface area contributed by atoms with E-state index in [1.165, 1.54) is 0 Å². The van der Waals surface area contributed by atoms with Crippen molar-refractivity contribution in [2.75, 3.05) is 31.1 Å². The molecule has 2 amide bonds. The Morgan fingerprint density at radius 2 is 1.89 bits per heavy atom. The first-order chi connectivity index (χ1) is 13.0. The quantitative estimate of drug-likeness (QED) is 0.889. The number of aromatic nitrogens is 1. The number of amides is 2. The number of benzene rings is 1. The fraction of sp³-hybridized carbons (Fsp3) is 0.316. The fourth-order valence-corrected chi connectivity index (χ4v) is 3.03. The van der Waals surface area contributed by atoms with E-state index < -0.39 is 17.5 Å². The molecule has 27 heavy (non-hydrogen) atoms. The number of carbonyl (C=O) groups excluding carboxylic acids is 2. The lowest BCUT2D eigenvalue weighted by Gasteiger charge is -2.35. The first kappa shape index (κ1) is 18.8. The van der Waals surface area contributed by atoms with Crippen molar-refractivity contribution < 1.29 is 18.4 Å². The normalized spacial score (nSPS) is 14.2. The third-order valence-corrected chi connectivity index (χ3v) is 4.51. The van der Waals surface area contributed by atoms with Gasteiger partial charge in [-0.05, 0) is 18.2 Å². The van der Waals surface area contributed by atoms with Gasteiger partial charge in [0.15, 0.2) is 0 Å². The molecule has 2 heterocycles. The fourth-order valence-electron chi connectivity index (χ4n) is 3.03. The Morgan fingerprint density at radius 3 is 2.56 bits per heavy atom. The third kappa shape index (κ3) is 4.39. The number of nitrogens with one attached hydrogen (secondary N) is 1. The number of piperazine rings is 1. The van der Waals surface area contributed by atoms with E-state index in [4.69, 9.17) is 0 Å². The highest BCUT2D eigenvalue weighted by Crippen LogP contribution is 2.19. The van der Waals surface area contributed by atoms with Gasteiger partial charge in [0.05, 0.1) is 5.56 Å². The van der Waals surface area contributed by atoms with E-state index in [0.29, 0.717) is 32.2 Å². The number of carbonyl (C=O) groups is 2. The summed E-state index contributed by atoms with van der Waals surface area (Å²) >= 11 is 0. The van der Waals surface area contributed by atoms with Crippen LogP contribution in [0.4, 0.5) is 14.6 Å². The molecular weight excluding hydrogens is 354 g/mol. The van der Waals surface area contributed by atoms with Gasteiger partial charge in [0.1, 0.15) is 17.5 Å². The van der Waals surface area contributed by atoms with Crippen molar-refractivity contribution in [1.82, 2.24) is 15.2 Å². The maximum absolute atomic E-state index is 13.7. The van der Waals surface area contributed by atoms with Crippen molar-refractivity contribution in [3.05, 3.63) is 59.3 Å². The van der Waals surface area contributed by atoms with Crippen LogP contribution in [-0.4, -0.2) is 47.9 Å². The molecule has 1 N–H and O–H groups in total.